The Hall–Kier alpha value is -3.14. The molecule has 12 nitrogen and oxygen atoms in total. The van der Waals surface area contributed by atoms with Crippen LogP contribution in [-0.2, 0) is 26.7 Å². The number of ether oxygens (including phenoxy) is 1. The van der Waals surface area contributed by atoms with Gasteiger partial charge in [0.2, 0.25) is 0 Å². The van der Waals surface area contributed by atoms with Crippen LogP contribution in [0.25, 0.3) is 11.1 Å². The molecule has 1 unspecified atom stereocenters. The number of hydrogen-bond donors (Lipinski definition) is 6. The van der Waals surface area contributed by atoms with Gasteiger partial charge in [-0.3, -0.25) is 9.78 Å². The number of carbonyl (C=O) groups is 1. The number of para-hydroxylation sites is 1. The molecule has 2 aliphatic carbocycles. The Bertz CT molecular complexity index is 1860. The molecule has 3 aromatic rings. The molecule has 6 N–H and O–H groups in total. The fraction of sp³-hybridized carbons (Fsp3) is 0.550. The van der Waals surface area contributed by atoms with Gasteiger partial charge in [-0.05, 0) is 97.7 Å². The van der Waals surface area contributed by atoms with Crippen LogP contribution in [0.4, 0.5) is 0 Å². The number of nitrogens with one attached hydrogen (secondary N) is 1. The lowest BCUT2D eigenvalue weighted by atomic mass is 9.93. The van der Waals surface area contributed by atoms with Crippen molar-refractivity contribution in [2.45, 2.75) is 113 Å². The molecule has 1 saturated heterocycles. The number of aliphatic hydroxyl groups excluding tert-OH is 5. The van der Waals surface area contributed by atoms with Crippen molar-refractivity contribution in [1.82, 2.24) is 15.2 Å². The molecule has 1 aliphatic heterocycles. The van der Waals surface area contributed by atoms with Crippen molar-refractivity contribution in [1.29, 1.82) is 0 Å². The summed E-state index contributed by atoms with van der Waals surface area (Å²) >= 11 is 6.74. The molecule has 1 aromatic heterocycles. The van der Waals surface area contributed by atoms with Gasteiger partial charge < -0.3 is 40.5 Å². The Morgan fingerprint density at radius 2 is 1.74 bits per heavy atom. The van der Waals surface area contributed by atoms with Gasteiger partial charge in [0.25, 0.3) is 5.91 Å². The fourth-order valence-corrected chi connectivity index (χ4v) is 9.02. The molecular weight excluding hydrogens is 734 g/mol. The summed E-state index contributed by atoms with van der Waals surface area (Å²) < 4.78 is 30.5. The highest BCUT2D eigenvalue weighted by Gasteiger charge is 2.46. The van der Waals surface area contributed by atoms with E-state index in [2.05, 4.69) is 35.4 Å². The summed E-state index contributed by atoms with van der Waals surface area (Å²) in [6.45, 7) is 1.93. The first kappa shape index (κ1) is 40.5. The first-order valence-electron chi connectivity index (χ1n) is 18.9. The molecule has 0 spiro atoms. The summed E-state index contributed by atoms with van der Waals surface area (Å²) in [5.74, 6) is -0.124. The molecule has 54 heavy (non-hydrogen) atoms. The van der Waals surface area contributed by atoms with Crippen LogP contribution in [0.3, 0.4) is 0 Å². The van der Waals surface area contributed by atoms with E-state index in [1.165, 1.54) is 4.90 Å². The number of nitrogens with zero attached hydrogens (tertiary/aromatic N) is 2. The van der Waals surface area contributed by atoms with E-state index in [0.29, 0.717) is 24.4 Å². The predicted molar refractivity (Wildman–Crippen MR) is 205 cm³/mol. The van der Waals surface area contributed by atoms with Crippen molar-refractivity contribution in [2.75, 3.05) is 24.7 Å². The summed E-state index contributed by atoms with van der Waals surface area (Å²) in [6, 6.07) is 15.7. The number of sulfone groups is 1. The second-order valence-electron chi connectivity index (χ2n) is 15.2. The van der Waals surface area contributed by atoms with E-state index in [0.717, 1.165) is 59.3 Å². The SMILES string of the molecule is CC(CCCN(C(=O)[C@@H](O)[C@@H](O)[C@H](O)[C@@H](O)CO)C1CCS(=O)(=O)CC1)c1ccc(Cl)c(CNC2(c3cnccc3-c3ccccc3OC3CC3)CC2)c1. The molecule has 5 atom stereocenters. The number of aliphatic hydroxyl groups is 5. The normalized spacial score (nSPS) is 20.7. The van der Waals surface area contributed by atoms with Gasteiger partial charge in [0.1, 0.15) is 33.9 Å². The van der Waals surface area contributed by atoms with Gasteiger partial charge in [-0.15, -0.1) is 0 Å². The molecule has 3 aliphatic rings. The van der Waals surface area contributed by atoms with Gasteiger partial charge in [-0.2, -0.15) is 0 Å². The third kappa shape index (κ3) is 9.62. The molecule has 3 fully saturated rings. The van der Waals surface area contributed by atoms with Crippen molar-refractivity contribution < 1.29 is 43.5 Å². The highest BCUT2D eigenvalue weighted by molar-refractivity contribution is 7.91. The molecule has 0 radical (unpaired) electrons. The van der Waals surface area contributed by atoms with Crippen LogP contribution in [0.1, 0.15) is 80.9 Å². The first-order valence-corrected chi connectivity index (χ1v) is 21.1. The lowest BCUT2D eigenvalue weighted by molar-refractivity contribution is -0.160. The highest BCUT2D eigenvalue weighted by Crippen LogP contribution is 2.50. The van der Waals surface area contributed by atoms with E-state index >= 15 is 0 Å². The van der Waals surface area contributed by atoms with Crippen LogP contribution in [-0.4, -0.2) is 111 Å². The lowest BCUT2D eigenvalue weighted by Gasteiger charge is -2.37. The van der Waals surface area contributed by atoms with Gasteiger partial charge in [0.05, 0.1) is 24.2 Å². The number of amides is 1. The highest BCUT2D eigenvalue weighted by atomic mass is 35.5. The van der Waals surface area contributed by atoms with Crippen LogP contribution in [0.15, 0.2) is 60.9 Å². The minimum absolute atomic E-state index is 0.0597. The van der Waals surface area contributed by atoms with Gasteiger partial charge in [0.15, 0.2) is 6.10 Å². The summed E-state index contributed by atoms with van der Waals surface area (Å²) in [4.78, 5) is 19.4. The second kappa shape index (κ2) is 17.3. The van der Waals surface area contributed by atoms with Crippen molar-refractivity contribution in [3.8, 4) is 16.9 Å². The molecule has 14 heteroatoms. The Morgan fingerprint density at radius 3 is 2.43 bits per heavy atom. The van der Waals surface area contributed by atoms with Crippen molar-refractivity contribution in [3.05, 3.63) is 82.6 Å². The number of aromatic nitrogens is 1. The van der Waals surface area contributed by atoms with Crippen LogP contribution >= 0.6 is 11.6 Å². The molecule has 294 valence electrons. The van der Waals surface area contributed by atoms with Gasteiger partial charge in [0, 0.05) is 47.7 Å². The number of halogens is 1. The van der Waals surface area contributed by atoms with Crippen molar-refractivity contribution in [2.24, 2.45) is 0 Å². The first-order chi connectivity index (χ1) is 25.8. The number of carbonyl (C=O) groups excluding carboxylic acids is 1. The standard InChI is InChI=1S/C40H52ClN3O9S/c1-25(5-4-18-44(28-13-19-54(51,52)20-14-28)39(50)38(49)37(48)36(47)34(46)24-45)26-8-11-33(41)27(21-26)22-43-40(15-16-40)32-23-42-17-12-30(32)31-6-2-3-7-35(31)53-29-9-10-29/h2-3,6-8,11-12,17,21,23,25,28-29,34,36-38,43,45-49H,4-5,9-10,13-16,18-20,22,24H2,1H3/t25?,34-,36+,37-,38-/m0/s1. The second-order valence-corrected chi connectivity index (χ2v) is 17.9. The molecular formula is C40H52ClN3O9S. The maximum absolute atomic E-state index is 13.5. The predicted octanol–water partition coefficient (Wildman–Crippen LogP) is 3.45. The van der Waals surface area contributed by atoms with E-state index < -0.39 is 52.8 Å². The average molecular weight is 786 g/mol. The molecule has 0 bridgehead atoms. The Kier molecular flexibility index (Phi) is 13.0. The van der Waals surface area contributed by atoms with E-state index in [4.69, 9.17) is 21.4 Å². The number of pyridine rings is 1. The van der Waals surface area contributed by atoms with Crippen LogP contribution in [0, 0.1) is 0 Å². The fourth-order valence-electron chi connectivity index (χ4n) is 7.37. The van der Waals surface area contributed by atoms with Crippen LogP contribution in [0.2, 0.25) is 5.02 Å². The topological polar surface area (TPSA) is 190 Å². The zero-order valence-electron chi connectivity index (χ0n) is 30.6. The van der Waals surface area contributed by atoms with Gasteiger partial charge in [-0.1, -0.05) is 48.9 Å². The van der Waals surface area contributed by atoms with E-state index in [1.807, 2.05) is 42.7 Å². The van der Waals surface area contributed by atoms with E-state index in [1.54, 1.807) is 0 Å². The Balaban J connectivity index is 1.11. The van der Waals surface area contributed by atoms with Crippen LogP contribution in [0.5, 0.6) is 5.75 Å². The zero-order valence-corrected chi connectivity index (χ0v) is 32.1. The monoisotopic (exact) mass is 785 g/mol. The zero-order chi connectivity index (χ0) is 38.6. The number of benzene rings is 2. The van der Waals surface area contributed by atoms with Crippen molar-refractivity contribution in [3.63, 3.8) is 0 Å². The van der Waals surface area contributed by atoms with Crippen molar-refractivity contribution >= 4 is 27.3 Å². The average Bonchev–Trinajstić information content (AvgIpc) is 4.13. The quantitative estimate of drug-likeness (QED) is 0.111. The smallest absolute Gasteiger partial charge is 0.254 e. The maximum atomic E-state index is 13.5. The van der Waals surface area contributed by atoms with Gasteiger partial charge >= 0.3 is 0 Å². The third-order valence-electron chi connectivity index (χ3n) is 11.1. The van der Waals surface area contributed by atoms with Crippen LogP contribution < -0.4 is 10.1 Å². The third-order valence-corrected chi connectivity index (χ3v) is 13.2. The number of rotatable bonds is 18. The molecule has 2 heterocycles. The minimum atomic E-state index is -3.24. The summed E-state index contributed by atoms with van der Waals surface area (Å²) in [7, 11) is -3.24. The van der Waals surface area contributed by atoms with E-state index in [9.17, 15) is 33.6 Å². The summed E-state index contributed by atoms with van der Waals surface area (Å²) in [5.41, 5.74) is 5.05. The Labute approximate surface area is 322 Å². The molecule has 1 amide bonds. The molecule has 2 saturated carbocycles. The minimum Gasteiger partial charge on any atom is -0.490 e. The van der Waals surface area contributed by atoms with E-state index in [-0.39, 0.29) is 48.5 Å². The maximum Gasteiger partial charge on any atom is 0.254 e. The Morgan fingerprint density at radius 1 is 1.02 bits per heavy atom. The van der Waals surface area contributed by atoms with Gasteiger partial charge in [-0.25, -0.2) is 8.42 Å². The lowest BCUT2D eigenvalue weighted by Crippen LogP contribution is -2.55. The molecule has 2 aromatic carbocycles. The summed E-state index contributed by atoms with van der Waals surface area (Å²) in [5, 5.41) is 54.6. The largest absolute Gasteiger partial charge is 0.490 e. The molecule has 6 rings (SSSR count). The number of hydrogen-bond acceptors (Lipinski definition) is 11. The summed E-state index contributed by atoms with van der Waals surface area (Å²) in [6.07, 6.45) is 1.81.